The van der Waals surface area contributed by atoms with Crippen molar-refractivity contribution >= 4 is 41.7 Å². The van der Waals surface area contributed by atoms with Crippen molar-refractivity contribution in [1.29, 1.82) is 0 Å². The Morgan fingerprint density at radius 2 is 2.11 bits per heavy atom. The molecular formula is C11H13Br2NO3S. The summed E-state index contributed by atoms with van der Waals surface area (Å²) in [5, 5.41) is 0. The second kappa shape index (κ2) is 4.86. The lowest BCUT2D eigenvalue weighted by atomic mass is 10.00. The predicted octanol–water partition coefficient (Wildman–Crippen LogP) is 2.63. The quantitative estimate of drug-likeness (QED) is 0.614. The van der Waals surface area contributed by atoms with Crippen molar-refractivity contribution in [1.82, 2.24) is 5.48 Å². The van der Waals surface area contributed by atoms with Crippen LogP contribution in [-0.2, 0) is 19.1 Å². The van der Waals surface area contributed by atoms with Gasteiger partial charge in [0.25, 0.3) is 0 Å². The van der Waals surface area contributed by atoms with E-state index < -0.39 is 14.3 Å². The Balaban J connectivity index is 2.74. The van der Waals surface area contributed by atoms with Crippen LogP contribution >= 0.6 is 31.9 Å². The molecule has 1 unspecified atom stereocenters. The van der Waals surface area contributed by atoms with Gasteiger partial charge in [-0.25, -0.2) is 8.42 Å². The Morgan fingerprint density at radius 1 is 1.44 bits per heavy atom. The largest absolute Gasteiger partial charge is 0.300 e. The maximum absolute atomic E-state index is 11.9. The van der Waals surface area contributed by atoms with E-state index in [1.54, 1.807) is 12.1 Å². The zero-order valence-electron chi connectivity index (χ0n) is 9.96. The van der Waals surface area contributed by atoms with Gasteiger partial charge >= 0.3 is 0 Å². The smallest absolute Gasteiger partial charge is 0.175 e. The minimum absolute atomic E-state index is 0.318. The number of nitrogens with one attached hydrogen (secondary N) is 1. The molecule has 0 aliphatic carbocycles. The first-order chi connectivity index (χ1) is 8.26. The van der Waals surface area contributed by atoms with Gasteiger partial charge in [0, 0.05) is 22.7 Å². The van der Waals surface area contributed by atoms with Gasteiger partial charge in [-0.15, -0.1) is 0 Å². The van der Waals surface area contributed by atoms with Crippen molar-refractivity contribution in [2.75, 3.05) is 12.9 Å². The van der Waals surface area contributed by atoms with Crippen molar-refractivity contribution < 1.29 is 13.3 Å². The number of hydroxylamine groups is 1. The lowest BCUT2D eigenvalue weighted by molar-refractivity contribution is 0.0826. The fraction of sp³-hybridized carbons (Fsp3) is 0.455. The van der Waals surface area contributed by atoms with E-state index in [1.165, 1.54) is 6.26 Å². The average molecular weight is 399 g/mol. The fourth-order valence-corrected chi connectivity index (χ4v) is 4.31. The van der Waals surface area contributed by atoms with E-state index >= 15 is 0 Å². The number of sulfone groups is 1. The predicted molar refractivity (Wildman–Crippen MR) is 76.3 cm³/mol. The number of alkyl halides is 1. The first-order valence-corrected chi connectivity index (χ1v) is 8.81. The molecule has 0 amide bonds. The van der Waals surface area contributed by atoms with Crippen LogP contribution in [0.3, 0.4) is 0 Å². The molecule has 100 valence electrons. The summed E-state index contributed by atoms with van der Waals surface area (Å²) in [6.07, 6.45) is 1.87. The fourth-order valence-electron chi connectivity index (χ4n) is 2.05. The van der Waals surface area contributed by atoms with Crippen LogP contribution in [-0.4, -0.2) is 21.3 Å². The standard InChI is InChI=1S/C11H13Br2NO3S/c1-7-8(12)3-4-9(18(2,15)16)10(7)11(13)5-6-17-14-11/h3-4,14H,5-6H2,1-2H3. The second-order valence-electron chi connectivity index (χ2n) is 4.32. The van der Waals surface area contributed by atoms with Gasteiger partial charge in [0.2, 0.25) is 0 Å². The van der Waals surface area contributed by atoms with Crippen LogP contribution in [0, 0.1) is 6.92 Å². The van der Waals surface area contributed by atoms with E-state index in [0.717, 1.165) is 10.0 Å². The number of benzene rings is 1. The van der Waals surface area contributed by atoms with E-state index in [1.807, 2.05) is 6.92 Å². The zero-order valence-corrected chi connectivity index (χ0v) is 13.9. The molecule has 1 fully saturated rings. The summed E-state index contributed by atoms with van der Waals surface area (Å²) < 4.78 is 24.0. The Bertz CT molecular complexity index is 580. The maximum atomic E-state index is 11.9. The highest BCUT2D eigenvalue weighted by molar-refractivity contribution is 9.10. The highest BCUT2D eigenvalue weighted by atomic mass is 79.9. The summed E-state index contributed by atoms with van der Waals surface area (Å²) in [6.45, 7) is 2.41. The molecule has 1 N–H and O–H groups in total. The van der Waals surface area contributed by atoms with Crippen molar-refractivity contribution in [3.8, 4) is 0 Å². The molecule has 0 saturated carbocycles. The summed E-state index contributed by atoms with van der Waals surface area (Å²) >= 11 is 6.99. The van der Waals surface area contributed by atoms with Gasteiger partial charge in [-0.1, -0.05) is 31.9 Å². The summed E-state index contributed by atoms with van der Waals surface area (Å²) in [6, 6.07) is 3.37. The number of hydrogen-bond acceptors (Lipinski definition) is 4. The normalized spacial score (nSPS) is 24.4. The van der Waals surface area contributed by atoms with Crippen molar-refractivity contribution in [3.05, 3.63) is 27.7 Å². The molecule has 2 rings (SSSR count). The third-order valence-electron chi connectivity index (χ3n) is 2.94. The van der Waals surface area contributed by atoms with Crippen LogP contribution in [0.4, 0.5) is 0 Å². The second-order valence-corrected chi connectivity index (χ2v) is 8.51. The van der Waals surface area contributed by atoms with E-state index in [9.17, 15) is 8.42 Å². The minimum Gasteiger partial charge on any atom is -0.300 e. The van der Waals surface area contributed by atoms with E-state index in [4.69, 9.17) is 4.84 Å². The molecule has 1 heterocycles. The molecule has 4 nitrogen and oxygen atoms in total. The topological polar surface area (TPSA) is 55.4 Å². The number of hydrogen-bond donors (Lipinski definition) is 1. The third-order valence-corrected chi connectivity index (χ3v) is 5.89. The van der Waals surface area contributed by atoms with Crippen LogP contribution in [0.15, 0.2) is 21.5 Å². The number of halogens is 2. The van der Waals surface area contributed by atoms with Gasteiger partial charge in [0.05, 0.1) is 11.5 Å². The third kappa shape index (κ3) is 2.51. The summed E-state index contributed by atoms with van der Waals surface area (Å²) in [5.41, 5.74) is 4.45. The molecular weight excluding hydrogens is 386 g/mol. The molecule has 0 radical (unpaired) electrons. The first kappa shape index (κ1) is 14.5. The maximum Gasteiger partial charge on any atom is 0.175 e. The van der Waals surface area contributed by atoms with Crippen LogP contribution in [0.5, 0.6) is 0 Å². The molecule has 1 saturated heterocycles. The summed E-state index contributed by atoms with van der Waals surface area (Å²) in [7, 11) is -3.29. The van der Waals surface area contributed by atoms with Crippen LogP contribution < -0.4 is 5.48 Å². The molecule has 1 aromatic rings. The summed E-state index contributed by atoms with van der Waals surface area (Å²) in [4.78, 5) is 5.49. The lowest BCUT2D eigenvalue weighted by Gasteiger charge is -2.26. The van der Waals surface area contributed by atoms with Crippen LogP contribution in [0.1, 0.15) is 17.5 Å². The highest BCUT2D eigenvalue weighted by Gasteiger charge is 2.39. The van der Waals surface area contributed by atoms with Gasteiger partial charge < -0.3 is 0 Å². The van der Waals surface area contributed by atoms with Crippen LogP contribution in [0.2, 0.25) is 0 Å². The van der Waals surface area contributed by atoms with Gasteiger partial charge in [0.1, 0.15) is 4.45 Å². The lowest BCUT2D eigenvalue weighted by Crippen LogP contribution is -2.32. The molecule has 1 atom stereocenters. The molecule has 0 aromatic heterocycles. The van der Waals surface area contributed by atoms with E-state index in [-0.39, 0.29) is 0 Å². The number of rotatable bonds is 2. The molecule has 0 spiro atoms. The van der Waals surface area contributed by atoms with Gasteiger partial charge in [-0.3, -0.25) is 4.84 Å². The summed E-state index contributed by atoms with van der Waals surface area (Å²) in [5.74, 6) is 0. The van der Waals surface area contributed by atoms with E-state index in [0.29, 0.717) is 23.5 Å². The van der Waals surface area contributed by atoms with Crippen molar-refractivity contribution in [3.63, 3.8) is 0 Å². The highest BCUT2D eigenvalue weighted by Crippen LogP contribution is 2.42. The SMILES string of the molecule is Cc1c(Br)ccc(S(C)(=O)=O)c1C1(Br)CCON1. The molecule has 1 aliphatic rings. The van der Waals surface area contributed by atoms with Gasteiger partial charge in [-0.2, -0.15) is 5.48 Å². The van der Waals surface area contributed by atoms with Gasteiger partial charge in [-0.05, 0) is 24.6 Å². The first-order valence-electron chi connectivity index (χ1n) is 5.33. The minimum atomic E-state index is -3.29. The zero-order chi connectivity index (χ0) is 13.6. The average Bonchev–Trinajstić information content (AvgIpc) is 2.68. The van der Waals surface area contributed by atoms with Crippen molar-refractivity contribution in [2.24, 2.45) is 0 Å². The van der Waals surface area contributed by atoms with Crippen LogP contribution in [0.25, 0.3) is 0 Å². The molecule has 7 heteroatoms. The Labute approximate surface area is 123 Å². The molecule has 18 heavy (non-hydrogen) atoms. The Hall–Kier alpha value is 0.0500. The molecule has 1 aliphatic heterocycles. The van der Waals surface area contributed by atoms with E-state index in [2.05, 4.69) is 37.3 Å². The van der Waals surface area contributed by atoms with Crippen molar-refractivity contribution in [2.45, 2.75) is 22.7 Å². The monoisotopic (exact) mass is 397 g/mol. The Morgan fingerprint density at radius 3 is 2.61 bits per heavy atom. The van der Waals surface area contributed by atoms with Gasteiger partial charge in [0.15, 0.2) is 9.84 Å². The molecule has 0 bridgehead atoms. The molecule has 1 aromatic carbocycles. The Kier molecular flexibility index (Phi) is 3.91.